The lowest BCUT2D eigenvalue weighted by Crippen LogP contribution is -2.01. The van der Waals surface area contributed by atoms with E-state index >= 15 is 0 Å². The van der Waals surface area contributed by atoms with E-state index in [-0.39, 0.29) is 11.4 Å². The Morgan fingerprint density at radius 1 is 1.47 bits per heavy atom. The van der Waals surface area contributed by atoms with Crippen molar-refractivity contribution in [2.45, 2.75) is 0 Å². The topological polar surface area (TPSA) is 87.0 Å². The molecule has 0 saturated carbocycles. The van der Waals surface area contributed by atoms with Crippen LogP contribution < -0.4 is 5.73 Å². The number of nitro groups is 1. The van der Waals surface area contributed by atoms with Crippen LogP contribution in [-0.4, -0.2) is 14.5 Å². The summed E-state index contributed by atoms with van der Waals surface area (Å²) in [5.74, 6) is 0. The summed E-state index contributed by atoms with van der Waals surface area (Å²) in [6.45, 7) is 0. The normalized spacial score (nSPS) is 10.1. The number of nitro benzene ring substituents is 1. The Bertz CT molecular complexity index is 493. The van der Waals surface area contributed by atoms with Gasteiger partial charge >= 0.3 is 5.69 Å². The van der Waals surface area contributed by atoms with Crippen LogP contribution in [0.25, 0.3) is 5.69 Å². The number of hydrogen-bond donors (Lipinski definition) is 1. The van der Waals surface area contributed by atoms with Crippen LogP contribution in [0.2, 0.25) is 0 Å². The molecule has 2 rings (SSSR count). The molecule has 0 bridgehead atoms. The van der Waals surface area contributed by atoms with Crippen molar-refractivity contribution in [2.24, 2.45) is 0 Å². The molecule has 6 heteroatoms. The maximum Gasteiger partial charge on any atom is 0.315 e. The van der Waals surface area contributed by atoms with Crippen molar-refractivity contribution < 1.29 is 4.92 Å². The number of nitrogens with two attached hydrogens (primary N) is 1. The second kappa shape index (κ2) is 3.41. The molecule has 0 saturated heterocycles. The molecule has 0 unspecified atom stereocenters. The van der Waals surface area contributed by atoms with Crippen molar-refractivity contribution in [1.82, 2.24) is 9.55 Å². The molecular weight excluding hydrogens is 196 g/mol. The summed E-state index contributed by atoms with van der Waals surface area (Å²) in [7, 11) is 0. The van der Waals surface area contributed by atoms with E-state index in [9.17, 15) is 10.1 Å². The number of benzene rings is 1. The number of nitrogen functional groups attached to an aromatic ring is 1. The Labute approximate surface area is 85.1 Å². The maximum atomic E-state index is 10.8. The van der Waals surface area contributed by atoms with Gasteiger partial charge in [-0.15, -0.1) is 0 Å². The zero-order valence-electron chi connectivity index (χ0n) is 7.70. The third-order valence-corrected chi connectivity index (χ3v) is 2.01. The number of anilines is 1. The molecule has 0 atom stereocenters. The molecule has 76 valence electrons. The van der Waals surface area contributed by atoms with Gasteiger partial charge in [0.05, 0.1) is 11.3 Å². The van der Waals surface area contributed by atoms with Gasteiger partial charge in [-0.05, 0) is 12.1 Å². The van der Waals surface area contributed by atoms with E-state index in [4.69, 9.17) is 5.73 Å². The fourth-order valence-electron chi connectivity index (χ4n) is 1.36. The van der Waals surface area contributed by atoms with Crippen LogP contribution in [-0.2, 0) is 0 Å². The fraction of sp³-hybridized carbons (Fsp3) is 0. The minimum Gasteiger partial charge on any atom is -0.393 e. The van der Waals surface area contributed by atoms with Gasteiger partial charge in [0.1, 0.15) is 11.4 Å². The summed E-state index contributed by atoms with van der Waals surface area (Å²) in [5, 5.41) is 10.8. The van der Waals surface area contributed by atoms with Crippen molar-refractivity contribution in [3.8, 4) is 5.69 Å². The molecule has 0 radical (unpaired) electrons. The molecule has 0 spiro atoms. The average molecular weight is 204 g/mol. The second-order valence-corrected chi connectivity index (χ2v) is 2.94. The summed E-state index contributed by atoms with van der Waals surface area (Å²) in [4.78, 5) is 14.2. The van der Waals surface area contributed by atoms with Crippen molar-refractivity contribution in [2.75, 3.05) is 5.73 Å². The Kier molecular flexibility index (Phi) is 2.09. The van der Waals surface area contributed by atoms with Crippen LogP contribution in [0.1, 0.15) is 0 Å². The van der Waals surface area contributed by atoms with Crippen molar-refractivity contribution >= 4 is 11.4 Å². The van der Waals surface area contributed by atoms with Gasteiger partial charge in [-0.25, -0.2) is 4.98 Å². The Morgan fingerprint density at radius 3 is 2.87 bits per heavy atom. The summed E-state index contributed by atoms with van der Waals surface area (Å²) in [6, 6.07) is 4.78. The minimum absolute atomic E-state index is 0.101. The monoisotopic (exact) mass is 204 g/mol. The zero-order valence-corrected chi connectivity index (χ0v) is 7.70. The molecule has 1 heterocycles. The molecule has 0 fully saturated rings. The zero-order chi connectivity index (χ0) is 10.8. The van der Waals surface area contributed by atoms with E-state index in [0.29, 0.717) is 5.69 Å². The molecule has 0 aliphatic heterocycles. The first-order chi connectivity index (χ1) is 7.20. The average Bonchev–Trinajstić information content (AvgIpc) is 2.69. The number of imidazole rings is 1. The largest absolute Gasteiger partial charge is 0.393 e. The first-order valence-electron chi connectivity index (χ1n) is 4.21. The van der Waals surface area contributed by atoms with Crippen LogP contribution in [0.5, 0.6) is 0 Å². The van der Waals surface area contributed by atoms with E-state index in [1.165, 1.54) is 12.4 Å². The molecule has 0 aliphatic carbocycles. The maximum absolute atomic E-state index is 10.8. The highest BCUT2D eigenvalue weighted by atomic mass is 16.6. The minimum atomic E-state index is -0.495. The van der Waals surface area contributed by atoms with Crippen molar-refractivity contribution in [3.05, 3.63) is 47.0 Å². The highest BCUT2D eigenvalue weighted by Crippen LogP contribution is 2.28. The predicted molar refractivity (Wildman–Crippen MR) is 54.6 cm³/mol. The quantitative estimate of drug-likeness (QED) is 0.454. The first kappa shape index (κ1) is 9.20. The van der Waals surface area contributed by atoms with Crippen LogP contribution in [0, 0.1) is 10.1 Å². The van der Waals surface area contributed by atoms with Gasteiger partial charge in [-0.1, -0.05) is 6.07 Å². The van der Waals surface area contributed by atoms with Crippen LogP contribution >= 0.6 is 0 Å². The number of para-hydroxylation sites is 1. The number of aromatic nitrogens is 2. The summed E-state index contributed by atoms with van der Waals surface area (Å²) >= 11 is 0. The number of hydrogen-bond acceptors (Lipinski definition) is 4. The highest BCUT2D eigenvalue weighted by Gasteiger charge is 2.18. The lowest BCUT2D eigenvalue weighted by atomic mass is 10.2. The van der Waals surface area contributed by atoms with E-state index in [1.807, 2.05) is 0 Å². The lowest BCUT2D eigenvalue weighted by Gasteiger charge is -2.04. The molecule has 2 N–H and O–H groups in total. The van der Waals surface area contributed by atoms with Crippen molar-refractivity contribution in [1.29, 1.82) is 0 Å². The van der Waals surface area contributed by atoms with E-state index < -0.39 is 4.92 Å². The Hall–Kier alpha value is -2.37. The first-order valence-corrected chi connectivity index (χ1v) is 4.21. The third kappa shape index (κ3) is 1.52. The smallest absolute Gasteiger partial charge is 0.315 e. The number of nitrogens with zero attached hydrogens (tertiary/aromatic N) is 3. The summed E-state index contributed by atoms with van der Waals surface area (Å²) in [6.07, 6.45) is 4.66. The summed E-state index contributed by atoms with van der Waals surface area (Å²) in [5.41, 5.74) is 6.01. The van der Waals surface area contributed by atoms with Gasteiger partial charge in [-0.3, -0.25) is 10.1 Å². The Balaban J connectivity index is 2.66. The van der Waals surface area contributed by atoms with Gasteiger partial charge in [0.2, 0.25) is 0 Å². The van der Waals surface area contributed by atoms with Gasteiger partial charge < -0.3 is 10.3 Å². The lowest BCUT2D eigenvalue weighted by molar-refractivity contribution is -0.383. The summed E-state index contributed by atoms with van der Waals surface area (Å²) < 4.78 is 1.55. The van der Waals surface area contributed by atoms with Gasteiger partial charge in [-0.2, -0.15) is 0 Å². The fourth-order valence-corrected chi connectivity index (χ4v) is 1.36. The highest BCUT2D eigenvalue weighted by molar-refractivity contribution is 5.68. The molecule has 1 aromatic carbocycles. The van der Waals surface area contributed by atoms with Crippen LogP contribution in [0.15, 0.2) is 36.9 Å². The molecular formula is C9H8N4O2. The second-order valence-electron chi connectivity index (χ2n) is 2.94. The Morgan fingerprint density at radius 2 is 2.27 bits per heavy atom. The molecule has 15 heavy (non-hydrogen) atoms. The standard InChI is InChI=1S/C9H8N4O2/c10-7-2-1-3-8(9(7)13(14)15)12-5-4-11-6-12/h1-6H,10H2. The third-order valence-electron chi connectivity index (χ3n) is 2.01. The van der Waals surface area contributed by atoms with Crippen LogP contribution in [0.3, 0.4) is 0 Å². The molecule has 2 aromatic rings. The predicted octanol–water partition coefficient (Wildman–Crippen LogP) is 1.36. The molecule has 1 aromatic heterocycles. The van der Waals surface area contributed by atoms with E-state index in [1.54, 1.807) is 29.1 Å². The van der Waals surface area contributed by atoms with E-state index in [0.717, 1.165) is 0 Å². The van der Waals surface area contributed by atoms with E-state index in [2.05, 4.69) is 4.98 Å². The SMILES string of the molecule is Nc1cccc(-n2ccnc2)c1[N+](=O)[O-]. The number of rotatable bonds is 2. The van der Waals surface area contributed by atoms with Crippen LogP contribution in [0.4, 0.5) is 11.4 Å². The van der Waals surface area contributed by atoms with Gasteiger partial charge in [0, 0.05) is 12.4 Å². The molecule has 0 aliphatic rings. The molecule has 0 amide bonds. The van der Waals surface area contributed by atoms with Gasteiger partial charge in [0.15, 0.2) is 0 Å². The molecule has 6 nitrogen and oxygen atoms in total. The van der Waals surface area contributed by atoms with Crippen molar-refractivity contribution in [3.63, 3.8) is 0 Å². The van der Waals surface area contributed by atoms with Gasteiger partial charge in [0.25, 0.3) is 0 Å².